The van der Waals surface area contributed by atoms with Crippen LogP contribution in [0.15, 0.2) is 23.1 Å². The molecule has 1 atom stereocenters. The molecule has 0 spiro atoms. The quantitative estimate of drug-likeness (QED) is 0.675. The summed E-state index contributed by atoms with van der Waals surface area (Å²) in [4.78, 5) is 12.6. The molecule has 21 heavy (non-hydrogen) atoms. The molecule has 1 heterocycles. The Morgan fingerprint density at radius 2 is 2.14 bits per heavy atom. The second kappa shape index (κ2) is 5.98. The van der Waals surface area contributed by atoms with E-state index < -0.39 is 14.9 Å². The summed E-state index contributed by atoms with van der Waals surface area (Å²) in [5.74, 6) is 0.471. The van der Waals surface area contributed by atoms with Gasteiger partial charge in [0.15, 0.2) is 0 Å². The smallest absolute Gasteiger partial charge is 0.293 e. The number of nitrogens with one attached hydrogen (secondary N) is 1. The van der Waals surface area contributed by atoms with Gasteiger partial charge in [0.05, 0.1) is 9.82 Å². The molecule has 0 saturated carbocycles. The van der Waals surface area contributed by atoms with E-state index in [1.54, 1.807) is 0 Å². The number of rotatable bonds is 4. The van der Waals surface area contributed by atoms with Crippen molar-refractivity contribution in [1.29, 1.82) is 0 Å². The van der Waals surface area contributed by atoms with Crippen molar-refractivity contribution in [2.45, 2.75) is 24.7 Å². The Kier molecular flexibility index (Phi) is 4.48. The van der Waals surface area contributed by atoms with Gasteiger partial charge in [-0.25, -0.2) is 13.1 Å². The average molecular weight is 313 g/mol. The van der Waals surface area contributed by atoms with Crippen LogP contribution in [-0.4, -0.2) is 33.5 Å². The predicted molar refractivity (Wildman–Crippen MR) is 80.0 cm³/mol. The average Bonchev–Trinajstić information content (AvgIpc) is 2.46. The van der Waals surface area contributed by atoms with Crippen molar-refractivity contribution in [2.24, 2.45) is 5.92 Å². The highest BCUT2D eigenvalue weighted by Crippen LogP contribution is 2.33. The van der Waals surface area contributed by atoms with E-state index >= 15 is 0 Å². The molecule has 1 fully saturated rings. The van der Waals surface area contributed by atoms with E-state index in [-0.39, 0.29) is 10.6 Å². The summed E-state index contributed by atoms with van der Waals surface area (Å²) < 4.78 is 25.7. The van der Waals surface area contributed by atoms with E-state index in [0.717, 1.165) is 32.0 Å². The van der Waals surface area contributed by atoms with Crippen LogP contribution in [0.5, 0.6) is 0 Å². The number of hydrogen-bond acceptors (Lipinski definition) is 5. The Morgan fingerprint density at radius 3 is 2.71 bits per heavy atom. The summed E-state index contributed by atoms with van der Waals surface area (Å²) in [7, 11) is -2.41. The van der Waals surface area contributed by atoms with Gasteiger partial charge in [-0.2, -0.15) is 0 Å². The Bertz CT molecular complexity index is 645. The Morgan fingerprint density at radius 1 is 1.43 bits per heavy atom. The van der Waals surface area contributed by atoms with E-state index in [0.29, 0.717) is 11.6 Å². The summed E-state index contributed by atoms with van der Waals surface area (Å²) in [5.41, 5.74) is 0.321. The third-order valence-electron chi connectivity index (χ3n) is 3.72. The van der Waals surface area contributed by atoms with Gasteiger partial charge in [0.25, 0.3) is 5.69 Å². The van der Waals surface area contributed by atoms with E-state index in [4.69, 9.17) is 0 Å². The highest BCUT2D eigenvalue weighted by atomic mass is 32.2. The van der Waals surface area contributed by atoms with Crippen molar-refractivity contribution in [3.05, 3.63) is 28.3 Å². The first-order valence-corrected chi connectivity index (χ1v) is 8.30. The van der Waals surface area contributed by atoms with Crippen LogP contribution in [0.1, 0.15) is 19.8 Å². The Hall–Kier alpha value is -1.67. The molecule has 1 aliphatic heterocycles. The summed E-state index contributed by atoms with van der Waals surface area (Å²) >= 11 is 0. The summed E-state index contributed by atoms with van der Waals surface area (Å²) in [5, 5.41) is 11.3. The maximum absolute atomic E-state index is 11.8. The third kappa shape index (κ3) is 3.33. The normalized spacial score (nSPS) is 19.5. The molecule has 7 nitrogen and oxygen atoms in total. The maximum Gasteiger partial charge on any atom is 0.293 e. The molecule has 1 N–H and O–H groups in total. The molecule has 1 aromatic rings. The van der Waals surface area contributed by atoms with Crippen molar-refractivity contribution in [1.82, 2.24) is 4.72 Å². The van der Waals surface area contributed by atoms with E-state index in [1.807, 2.05) is 4.90 Å². The molecular formula is C13H19N3O4S. The van der Waals surface area contributed by atoms with E-state index in [9.17, 15) is 18.5 Å². The largest absolute Gasteiger partial charge is 0.366 e. The highest BCUT2D eigenvalue weighted by molar-refractivity contribution is 7.89. The van der Waals surface area contributed by atoms with Gasteiger partial charge in [-0.1, -0.05) is 6.92 Å². The minimum absolute atomic E-state index is 0.0921. The molecule has 116 valence electrons. The van der Waals surface area contributed by atoms with Crippen LogP contribution in [0.25, 0.3) is 0 Å². The zero-order valence-electron chi connectivity index (χ0n) is 12.1. The van der Waals surface area contributed by atoms with Gasteiger partial charge in [0.1, 0.15) is 5.69 Å². The Labute approximate surface area is 124 Å². The number of anilines is 1. The van der Waals surface area contributed by atoms with Gasteiger partial charge in [-0.15, -0.1) is 0 Å². The van der Waals surface area contributed by atoms with Gasteiger partial charge in [-0.05, 0) is 37.9 Å². The molecule has 1 saturated heterocycles. The topological polar surface area (TPSA) is 92.6 Å². The molecule has 0 bridgehead atoms. The van der Waals surface area contributed by atoms with Crippen molar-refractivity contribution >= 4 is 21.4 Å². The number of hydrogen-bond donors (Lipinski definition) is 1. The molecule has 0 aliphatic carbocycles. The van der Waals surface area contributed by atoms with Crippen molar-refractivity contribution in [3.63, 3.8) is 0 Å². The number of nitrogens with zero attached hydrogens (tertiary/aromatic N) is 2. The van der Waals surface area contributed by atoms with E-state index in [2.05, 4.69) is 11.6 Å². The van der Waals surface area contributed by atoms with Crippen molar-refractivity contribution in [2.75, 3.05) is 25.0 Å². The first-order valence-electron chi connectivity index (χ1n) is 6.82. The van der Waals surface area contributed by atoms with Crippen LogP contribution >= 0.6 is 0 Å². The predicted octanol–water partition coefficient (Wildman–Crippen LogP) is 1.74. The molecule has 0 aromatic heterocycles. The number of nitro benzene ring substituents is 1. The van der Waals surface area contributed by atoms with Gasteiger partial charge in [0.2, 0.25) is 10.0 Å². The van der Waals surface area contributed by atoms with Crippen LogP contribution in [0.2, 0.25) is 0 Å². The zero-order chi connectivity index (χ0) is 15.6. The fraction of sp³-hybridized carbons (Fsp3) is 0.538. The molecule has 0 unspecified atom stereocenters. The molecule has 2 rings (SSSR count). The molecule has 0 radical (unpaired) electrons. The van der Waals surface area contributed by atoms with Crippen LogP contribution in [0, 0.1) is 16.0 Å². The van der Waals surface area contributed by atoms with Crippen molar-refractivity contribution < 1.29 is 13.3 Å². The summed E-state index contributed by atoms with van der Waals surface area (Å²) in [6.07, 6.45) is 2.09. The lowest BCUT2D eigenvalue weighted by molar-refractivity contribution is -0.384. The zero-order valence-corrected chi connectivity index (χ0v) is 12.9. The lowest BCUT2D eigenvalue weighted by atomic mass is 9.99. The number of sulfonamides is 1. The monoisotopic (exact) mass is 313 g/mol. The van der Waals surface area contributed by atoms with Crippen LogP contribution in [0.3, 0.4) is 0 Å². The highest BCUT2D eigenvalue weighted by Gasteiger charge is 2.26. The van der Waals surface area contributed by atoms with Gasteiger partial charge < -0.3 is 4.90 Å². The van der Waals surface area contributed by atoms with Crippen LogP contribution in [0.4, 0.5) is 11.4 Å². The first-order chi connectivity index (χ1) is 9.85. The first kappa shape index (κ1) is 15.7. The Balaban J connectivity index is 2.45. The fourth-order valence-electron chi connectivity index (χ4n) is 2.61. The number of nitro groups is 1. The fourth-order valence-corrected chi connectivity index (χ4v) is 3.36. The summed E-state index contributed by atoms with van der Waals surface area (Å²) in [6.45, 7) is 3.61. The number of piperidine rings is 1. The molecule has 8 heteroatoms. The lowest BCUT2D eigenvalue weighted by Gasteiger charge is -2.32. The SMILES string of the molecule is CNS(=O)(=O)c1ccc(N2CCC[C@@H](C)C2)c([N+](=O)[O-])c1. The molecule has 1 aromatic carbocycles. The van der Waals surface area contributed by atoms with Gasteiger partial charge in [-0.3, -0.25) is 10.1 Å². The van der Waals surface area contributed by atoms with Gasteiger partial charge in [0, 0.05) is 19.2 Å². The minimum Gasteiger partial charge on any atom is -0.366 e. The van der Waals surface area contributed by atoms with Gasteiger partial charge >= 0.3 is 0 Å². The minimum atomic E-state index is -3.69. The van der Waals surface area contributed by atoms with E-state index in [1.165, 1.54) is 19.2 Å². The third-order valence-corrected chi connectivity index (χ3v) is 5.13. The van der Waals surface area contributed by atoms with Crippen LogP contribution in [-0.2, 0) is 10.0 Å². The lowest BCUT2D eigenvalue weighted by Crippen LogP contribution is -2.34. The maximum atomic E-state index is 11.8. The molecular weight excluding hydrogens is 294 g/mol. The van der Waals surface area contributed by atoms with Crippen molar-refractivity contribution in [3.8, 4) is 0 Å². The molecule has 1 aliphatic rings. The van der Waals surface area contributed by atoms with Crippen LogP contribution < -0.4 is 9.62 Å². The standard InChI is InChI=1S/C13H19N3O4S/c1-10-4-3-7-15(9-10)12-6-5-11(21(19,20)14-2)8-13(12)16(17)18/h5-6,8,10,14H,3-4,7,9H2,1-2H3/t10-/m1/s1. The molecule has 0 amide bonds. The second-order valence-corrected chi connectivity index (χ2v) is 7.20. The number of benzene rings is 1. The summed E-state index contributed by atoms with van der Waals surface area (Å²) in [6, 6.07) is 4.06. The second-order valence-electron chi connectivity index (χ2n) is 5.31.